The van der Waals surface area contributed by atoms with Crippen molar-refractivity contribution in [1.29, 1.82) is 0 Å². The number of methoxy groups -OCH3 is 1. The molecule has 21 heavy (non-hydrogen) atoms. The van der Waals surface area contributed by atoms with Crippen LogP contribution in [0.2, 0.25) is 0 Å². The van der Waals surface area contributed by atoms with Gasteiger partial charge in [0.05, 0.1) is 24.1 Å². The van der Waals surface area contributed by atoms with Crippen LogP contribution in [0.15, 0.2) is 29.1 Å². The molecule has 0 bridgehead atoms. The van der Waals surface area contributed by atoms with E-state index in [-0.39, 0.29) is 5.56 Å². The van der Waals surface area contributed by atoms with Crippen molar-refractivity contribution in [1.82, 2.24) is 9.55 Å². The lowest BCUT2D eigenvalue weighted by atomic mass is 10.2. The fourth-order valence-corrected chi connectivity index (χ4v) is 2.40. The maximum absolute atomic E-state index is 12.4. The average Bonchev–Trinajstić information content (AvgIpc) is 2.49. The van der Waals surface area contributed by atoms with E-state index in [1.165, 1.54) is 0 Å². The van der Waals surface area contributed by atoms with Crippen LogP contribution in [-0.2, 0) is 16.0 Å². The highest BCUT2D eigenvalue weighted by molar-refractivity contribution is 7.71. The number of nitrogens with one attached hydrogen (secondary N) is 1. The Morgan fingerprint density at radius 2 is 2.00 bits per heavy atom. The second kappa shape index (κ2) is 8.07. The van der Waals surface area contributed by atoms with Crippen molar-refractivity contribution in [3.05, 3.63) is 39.4 Å². The molecule has 0 atom stereocenters. The molecule has 0 saturated carbocycles. The number of benzene rings is 1. The molecule has 5 nitrogen and oxygen atoms in total. The number of unbranched alkanes of at least 4 members (excludes halogenated alkanes) is 1. The van der Waals surface area contributed by atoms with E-state index in [0.29, 0.717) is 36.5 Å². The zero-order valence-electron chi connectivity index (χ0n) is 12.1. The minimum atomic E-state index is -0.0327. The van der Waals surface area contributed by atoms with Crippen LogP contribution in [0.25, 0.3) is 10.9 Å². The lowest BCUT2D eigenvalue weighted by Gasteiger charge is -2.08. The van der Waals surface area contributed by atoms with E-state index >= 15 is 0 Å². The Balaban J connectivity index is 1.96. The second-order valence-corrected chi connectivity index (χ2v) is 5.13. The standard InChI is InChI=1S/C15H20N2O3S/c1-19-10-11-20-9-5-4-8-17-14(18)12-6-2-3-7-13(12)16-15(17)21/h2-3,6-7H,4-5,8-11H2,1H3,(H,16,21). The van der Waals surface area contributed by atoms with Crippen molar-refractivity contribution in [3.63, 3.8) is 0 Å². The first-order valence-electron chi connectivity index (χ1n) is 7.02. The van der Waals surface area contributed by atoms with Crippen LogP contribution < -0.4 is 5.56 Å². The van der Waals surface area contributed by atoms with Crippen LogP contribution in [0.1, 0.15) is 12.8 Å². The number of ether oxygens (including phenoxy) is 2. The summed E-state index contributed by atoms with van der Waals surface area (Å²) < 4.78 is 12.4. The molecule has 0 fully saturated rings. The predicted molar refractivity (Wildman–Crippen MR) is 85.3 cm³/mol. The molecule has 0 aliphatic rings. The molecule has 1 N–H and O–H groups in total. The molecular weight excluding hydrogens is 288 g/mol. The maximum Gasteiger partial charge on any atom is 0.262 e. The third kappa shape index (κ3) is 4.23. The molecular formula is C15H20N2O3S. The number of aromatic nitrogens is 2. The SMILES string of the molecule is COCCOCCCCn1c(=S)[nH]c2ccccc2c1=O. The van der Waals surface area contributed by atoms with E-state index in [1.807, 2.05) is 24.3 Å². The Morgan fingerprint density at radius 3 is 2.81 bits per heavy atom. The summed E-state index contributed by atoms with van der Waals surface area (Å²) in [5.41, 5.74) is 0.751. The predicted octanol–water partition coefficient (Wildman–Crippen LogP) is 2.50. The molecule has 1 aromatic carbocycles. The largest absolute Gasteiger partial charge is 0.382 e. The molecule has 0 unspecified atom stereocenters. The zero-order valence-corrected chi connectivity index (χ0v) is 12.9. The Bertz CT molecular complexity index is 693. The van der Waals surface area contributed by atoms with Gasteiger partial charge < -0.3 is 14.5 Å². The summed E-state index contributed by atoms with van der Waals surface area (Å²) in [5.74, 6) is 0. The van der Waals surface area contributed by atoms with E-state index in [4.69, 9.17) is 21.7 Å². The summed E-state index contributed by atoms with van der Waals surface area (Å²) >= 11 is 5.26. The van der Waals surface area contributed by atoms with Gasteiger partial charge in [-0.1, -0.05) is 12.1 Å². The number of hydrogen-bond acceptors (Lipinski definition) is 4. The van der Waals surface area contributed by atoms with Crippen molar-refractivity contribution in [2.75, 3.05) is 26.9 Å². The van der Waals surface area contributed by atoms with Crippen LogP contribution in [0.4, 0.5) is 0 Å². The first kappa shape index (κ1) is 15.9. The van der Waals surface area contributed by atoms with Crippen molar-refractivity contribution in [2.24, 2.45) is 0 Å². The van der Waals surface area contributed by atoms with Gasteiger partial charge in [0.2, 0.25) is 0 Å². The highest BCUT2D eigenvalue weighted by Gasteiger charge is 2.04. The van der Waals surface area contributed by atoms with Gasteiger partial charge in [-0.3, -0.25) is 9.36 Å². The minimum Gasteiger partial charge on any atom is -0.382 e. The monoisotopic (exact) mass is 308 g/mol. The molecule has 0 spiro atoms. The van der Waals surface area contributed by atoms with Crippen molar-refractivity contribution in [3.8, 4) is 0 Å². The Morgan fingerprint density at radius 1 is 1.19 bits per heavy atom. The molecule has 0 saturated heterocycles. The number of rotatable bonds is 8. The van der Waals surface area contributed by atoms with Crippen LogP contribution >= 0.6 is 12.2 Å². The van der Waals surface area contributed by atoms with Crippen LogP contribution in [0.3, 0.4) is 0 Å². The average molecular weight is 308 g/mol. The van der Waals surface area contributed by atoms with Gasteiger partial charge in [0, 0.05) is 20.3 Å². The minimum absolute atomic E-state index is 0.0327. The third-order valence-electron chi connectivity index (χ3n) is 3.24. The second-order valence-electron chi connectivity index (χ2n) is 4.74. The van der Waals surface area contributed by atoms with Gasteiger partial charge in [-0.2, -0.15) is 0 Å². The van der Waals surface area contributed by atoms with Gasteiger partial charge in [-0.25, -0.2) is 0 Å². The summed E-state index contributed by atoms with van der Waals surface area (Å²) in [6.45, 7) is 2.48. The molecule has 0 aliphatic carbocycles. The van der Waals surface area contributed by atoms with Crippen LogP contribution in [0, 0.1) is 4.77 Å². The summed E-state index contributed by atoms with van der Waals surface area (Å²) in [4.78, 5) is 15.5. The number of fused-ring (bicyclic) bond motifs is 1. The molecule has 2 aromatic rings. The van der Waals surface area contributed by atoms with Gasteiger partial charge in [-0.15, -0.1) is 0 Å². The summed E-state index contributed by atoms with van der Waals surface area (Å²) in [5, 5.41) is 0.669. The van der Waals surface area contributed by atoms with E-state index < -0.39 is 0 Å². The van der Waals surface area contributed by atoms with Gasteiger partial charge in [0.25, 0.3) is 5.56 Å². The summed E-state index contributed by atoms with van der Waals surface area (Å²) in [6.07, 6.45) is 1.74. The molecule has 1 heterocycles. The first-order chi connectivity index (χ1) is 10.2. The maximum atomic E-state index is 12.4. The highest BCUT2D eigenvalue weighted by Crippen LogP contribution is 2.06. The van der Waals surface area contributed by atoms with Gasteiger partial charge in [0.15, 0.2) is 4.77 Å². The number of nitrogens with zero attached hydrogens (tertiary/aromatic N) is 1. The van der Waals surface area contributed by atoms with E-state index in [1.54, 1.807) is 11.7 Å². The van der Waals surface area contributed by atoms with Crippen molar-refractivity contribution < 1.29 is 9.47 Å². The number of H-pyrrole nitrogens is 1. The van der Waals surface area contributed by atoms with Gasteiger partial charge in [-0.05, 0) is 37.2 Å². The van der Waals surface area contributed by atoms with Crippen molar-refractivity contribution in [2.45, 2.75) is 19.4 Å². The lowest BCUT2D eigenvalue weighted by Crippen LogP contribution is -2.22. The molecule has 0 aliphatic heterocycles. The van der Waals surface area contributed by atoms with Crippen LogP contribution in [-0.4, -0.2) is 36.5 Å². The smallest absolute Gasteiger partial charge is 0.262 e. The fraction of sp³-hybridized carbons (Fsp3) is 0.467. The van der Waals surface area contributed by atoms with E-state index in [9.17, 15) is 4.79 Å². The highest BCUT2D eigenvalue weighted by atomic mass is 32.1. The molecule has 114 valence electrons. The molecule has 0 radical (unpaired) electrons. The summed E-state index contributed by atoms with van der Waals surface area (Å²) in [7, 11) is 1.65. The quantitative estimate of drug-likeness (QED) is 0.601. The van der Waals surface area contributed by atoms with Gasteiger partial charge >= 0.3 is 0 Å². The Labute approximate surface area is 128 Å². The van der Waals surface area contributed by atoms with Crippen molar-refractivity contribution >= 4 is 23.1 Å². The number of aromatic amines is 1. The third-order valence-corrected chi connectivity index (χ3v) is 3.56. The normalized spacial score (nSPS) is 11.1. The molecule has 0 amide bonds. The summed E-state index contributed by atoms with van der Waals surface area (Å²) in [6, 6.07) is 7.41. The number of para-hydroxylation sites is 1. The molecule has 2 rings (SSSR count). The Hall–Kier alpha value is -1.50. The number of hydrogen-bond donors (Lipinski definition) is 1. The van der Waals surface area contributed by atoms with Crippen LogP contribution in [0.5, 0.6) is 0 Å². The molecule has 6 heteroatoms. The van der Waals surface area contributed by atoms with E-state index in [0.717, 1.165) is 18.4 Å². The molecule has 1 aromatic heterocycles. The van der Waals surface area contributed by atoms with E-state index in [2.05, 4.69) is 4.98 Å². The topological polar surface area (TPSA) is 56.2 Å². The Kier molecular flexibility index (Phi) is 6.10. The lowest BCUT2D eigenvalue weighted by molar-refractivity contribution is 0.0684. The fourth-order valence-electron chi connectivity index (χ4n) is 2.12. The van der Waals surface area contributed by atoms with Gasteiger partial charge in [0.1, 0.15) is 0 Å². The zero-order chi connectivity index (χ0) is 15.1. The first-order valence-corrected chi connectivity index (χ1v) is 7.43.